The molecule has 7 heteroatoms. The molecule has 1 atom stereocenters. The Morgan fingerprint density at radius 1 is 1.30 bits per heavy atom. The monoisotopic (exact) mass is 360 g/mol. The zero-order valence-corrected chi connectivity index (χ0v) is 14.1. The Bertz CT molecular complexity index is 1190. The van der Waals surface area contributed by atoms with E-state index in [1.165, 1.54) is 12.5 Å². The van der Waals surface area contributed by atoms with E-state index in [4.69, 9.17) is 14.4 Å². The van der Waals surface area contributed by atoms with Crippen molar-refractivity contribution in [1.29, 1.82) is 5.26 Å². The van der Waals surface area contributed by atoms with Crippen LogP contribution < -0.4 is 4.74 Å². The van der Waals surface area contributed by atoms with Crippen molar-refractivity contribution in [2.75, 3.05) is 0 Å². The van der Waals surface area contributed by atoms with Crippen molar-refractivity contribution in [1.82, 2.24) is 15.2 Å². The molecule has 0 bridgehead atoms. The lowest BCUT2D eigenvalue weighted by molar-refractivity contribution is 0.207. The molecule has 5 rings (SSSR count). The summed E-state index contributed by atoms with van der Waals surface area (Å²) in [5.41, 5.74) is 3.35. The number of halogens is 1. The first-order chi connectivity index (χ1) is 13.2. The third kappa shape index (κ3) is 2.54. The van der Waals surface area contributed by atoms with Crippen LogP contribution in [0.4, 0.5) is 4.39 Å². The Morgan fingerprint density at radius 3 is 3.04 bits per heavy atom. The average Bonchev–Trinajstić information content (AvgIpc) is 3.41. The van der Waals surface area contributed by atoms with Crippen molar-refractivity contribution < 1.29 is 13.5 Å². The minimum Gasteiger partial charge on any atom is -0.486 e. The molecule has 0 saturated heterocycles. The minimum atomic E-state index is -0.510. The second-order valence-electron chi connectivity index (χ2n) is 6.43. The normalized spacial score (nSPS) is 15.6. The summed E-state index contributed by atoms with van der Waals surface area (Å²) in [4.78, 5) is 3.93. The molecule has 0 unspecified atom stereocenters. The fourth-order valence-corrected chi connectivity index (χ4v) is 3.55. The highest BCUT2D eigenvalue weighted by Gasteiger charge is 2.26. The maximum Gasteiger partial charge on any atom is 0.181 e. The molecule has 0 saturated carbocycles. The van der Waals surface area contributed by atoms with Gasteiger partial charge in [0.1, 0.15) is 29.4 Å². The molecule has 0 aliphatic heterocycles. The Labute approximate surface area is 153 Å². The van der Waals surface area contributed by atoms with Gasteiger partial charge in [0.2, 0.25) is 0 Å². The molecular formula is C20H13FN4O2. The molecule has 0 fully saturated rings. The first-order valence-corrected chi connectivity index (χ1v) is 8.49. The number of aromatic nitrogens is 3. The Kier molecular flexibility index (Phi) is 3.44. The predicted molar refractivity (Wildman–Crippen MR) is 94.4 cm³/mol. The molecule has 1 N–H and O–H groups in total. The molecule has 2 aromatic carbocycles. The molecule has 0 radical (unpaired) electrons. The lowest BCUT2D eigenvalue weighted by Gasteiger charge is -2.15. The summed E-state index contributed by atoms with van der Waals surface area (Å²) in [5.74, 6) is 0.715. The van der Waals surface area contributed by atoms with E-state index in [2.05, 4.69) is 15.2 Å². The van der Waals surface area contributed by atoms with Crippen LogP contribution in [0.25, 0.3) is 22.4 Å². The van der Waals surface area contributed by atoms with Crippen LogP contribution in [-0.2, 0) is 6.42 Å². The van der Waals surface area contributed by atoms with Crippen molar-refractivity contribution >= 4 is 10.9 Å². The van der Waals surface area contributed by atoms with Gasteiger partial charge in [0.15, 0.2) is 12.2 Å². The van der Waals surface area contributed by atoms with E-state index in [0.29, 0.717) is 17.2 Å². The van der Waals surface area contributed by atoms with E-state index in [9.17, 15) is 4.39 Å². The third-order valence-corrected chi connectivity index (χ3v) is 4.85. The number of oxazole rings is 1. The van der Waals surface area contributed by atoms with Crippen molar-refractivity contribution in [3.8, 4) is 23.3 Å². The lowest BCUT2D eigenvalue weighted by atomic mass is 10.1. The van der Waals surface area contributed by atoms with Gasteiger partial charge in [-0.05, 0) is 54.3 Å². The highest BCUT2D eigenvalue weighted by atomic mass is 19.1. The quantitative estimate of drug-likeness (QED) is 0.589. The number of aromatic amines is 1. The summed E-state index contributed by atoms with van der Waals surface area (Å²) in [6.45, 7) is 0. The fourth-order valence-electron chi connectivity index (χ4n) is 3.55. The van der Waals surface area contributed by atoms with Gasteiger partial charge in [0, 0.05) is 5.39 Å². The van der Waals surface area contributed by atoms with Crippen LogP contribution in [0.1, 0.15) is 29.2 Å². The first-order valence-electron chi connectivity index (χ1n) is 8.49. The van der Waals surface area contributed by atoms with Crippen LogP contribution in [0.15, 0.2) is 47.3 Å². The second-order valence-corrected chi connectivity index (χ2v) is 6.43. The van der Waals surface area contributed by atoms with Gasteiger partial charge in [-0.15, -0.1) is 0 Å². The summed E-state index contributed by atoms with van der Waals surface area (Å²) in [7, 11) is 0. The summed E-state index contributed by atoms with van der Waals surface area (Å²) < 4.78 is 25.5. The van der Waals surface area contributed by atoms with Gasteiger partial charge in [-0.25, -0.2) is 9.37 Å². The van der Waals surface area contributed by atoms with Crippen LogP contribution in [-0.4, -0.2) is 15.2 Å². The SMILES string of the molecule is N#Cc1cc2c(cc1F)[C@@H](Oc1ccc3[nH]nc(-c4cnco4)c3c1)CC2. The highest BCUT2D eigenvalue weighted by Crippen LogP contribution is 2.37. The van der Waals surface area contributed by atoms with Crippen LogP contribution in [0, 0.1) is 17.1 Å². The zero-order valence-electron chi connectivity index (χ0n) is 14.1. The molecule has 1 aliphatic carbocycles. The van der Waals surface area contributed by atoms with Crippen LogP contribution in [0.5, 0.6) is 5.75 Å². The van der Waals surface area contributed by atoms with Crippen LogP contribution in [0.2, 0.25) is 0 Å². The topological polar surface area (TPSA) is 87.7 Å². The maximum absolute atomic E-state index is 14.0. The van der Waals surface area contributed by atoms with Gasteiger partial charge in [-0.1, -0.05) is 0 Å². The standard InChI is InChI=1S/C20H13FN4O2/c21-16-7-14-11(5-12(16)8-22)1-4-18(14)27-13-2-3-17-15(6-13)20(25-24-17)19-9-23-10-26-19/h2-3,5-7,9-10,18H,1,4H2,(H,24,25)/t18-/m0/s1. The summed E-state index contributed by atoms with van der Waals surface area (Å²) in [6, 6.07) is 10.5. The van der Waals surface area contributed by atoms with E-state index in [0.717, 1.165) is 34.9 Å². The summed E-state index contributed by atoms with van der Waals surface area (Å²) in [6.07, 6.45) is 4.20. The van der Waals surface area contributed by atoms with E-state index in [-0.39, 0.29) is 11.7 Å². The smallest absolute Gasteiger partial charge is 0.181 e. The zero-order chi connectivity index (χ0) is 18.4. The van der Waals surface area contributed by atoms with E-state index in [1.807, 2.05) is 24.3 Å². The van der Waals surface area contributed by atoms with Gasteiger partial charge < -0.3 is 9.15 Å². The molecule has 1 aliphatic rings. The lowest BCUT2D eigenvalue weighted by Crippen LogP contribution is -2.04. The Hall–Kier alpha value is -3.66. The molecule has 2 heterocycles. The largest absolute Gasteiger partial charge is 0.486 e. The fraction of sp³-hybridized carbons (Fsp3) is 0.150. The molecule has 132 valence electrons. The molecule has 0 spiro atoms. The molecule has 4 aromatic rings. The van der Waals surface area contributed by atoms with Gasteiger partial charge >= 0.3 is 0 Å². The number of hydrogen-bond acceptors (Lipinski definition) is 5. The molecule has 27 heavy (non-hydrogen) atoms. The Morgan fingerprint density at radius 2 is 2.22 bits per heavy atom. The van der Waals surface area contributed by atoms with Gasteiger partial charge in [0.25, 0.3) is 0 Å². The molecular weight excluding hydrogens is 347 g/mol. The van der Waals surface area contributed by atoms with Crippen LogP contribution >= 0.6 is 0 Å². The third-order valence-electron chi connectivity index (χ3n) is 4.85. The number of H-pyrrole nitrogens is 1. The highest BCUT2D eigenvalue weighted by molar-refractivity contribution is 5.92. The van der Waals surface area contributed by atoms with Crippen molar-refractivity contribution in [3.05, 3.63) is 65.4 Å². The maximum atomic E-state index is 14.0. The number of ether oxygens (including phenoxy) is 1. The summed E-state index contributed by atoms with van der Waals surface area (Å²) in [5, 5.41) is 17.1. The van der Waals surface area contributed by atoms with Crippen molar-refractivity contribution in [2.24, 2.45) is 0 Å². The number of benzene rings is 2. The number of nitriles is 1. The van der Waals surface area contributed by atoms with E-state index in [1.54, 1.807) is 12.3 Å². The predicted octanol–water partition coefficient (Wildman–Crippen LogP) is 4.29. The number of hydrogen-bond donors (Lipinski definition) is 1. The van der Waals surface area contributed by atoms with Crippen LogP contribution in [0.3, 0.4) is 0 Å². The number of nitrogens with zero attached hydrogens (tertiary/aromatic N) is 3. The van der Waals surface area contributed by atoms with E-state index < -0.39 is 5.82 Å². The minimum absolute atomic E-state index is 0.0749. The van der Waals surface area contributed by atoms with Crippen molar-refractivity contribution in [2.45, 2.75) is 18.9 Å². The second kappa shape index (κ2) is 5.95. The molecule has 2 aromatic heterocycles. The van der Waals surface area contributed by atoms with Gasteiger partial charge in [-0.3, -0.25) is 5.10 Å². The first kappa shape index (κ1) is 15.6. The number of aryl methyl sites for hydroxylation is 1. The number of rotatable bonds is 3. The Balaban J connectivity index is 1.49. The van der Waals surface area contributed by atoms with E-state index >= 15 is 0 Å². The molecule has 6 nitrogen and oxygen atoms in total. The molecule has 0 amide bonds. The van der Waals surface area contributed by atoms with Gasteiger partial charge in [0.05, 0.1) is 17.3 Å². The number of fused-ring (bicyclic) bond motifs is 2. The number of nitrogens with one attached hydrogen (secondary N) is 1. The summed E-state index contributed by atoms with van der Waals surface area (Å²) >= 11 is 0. The van der Waals surface area contributed by atoms with Gasteiger partial charge in [-0.2, -0.15) is 10.4 Å². The average molecular weight is 360 g/mol. The van der Waals surface area contributed by atoms with Crippen molar-refractivity contribution in [3.63, 3.8) is 0 Å².